The minimum absolute atomic E-state index is 0.0675. The van der Waals surface area contributed by atoms with Crippen LogP contribution < -0.4 is 4.74 Å². The summed E-state index contributed by atoms with van der Waals surface area (Å²) in [5.74, 6) is 0.830. The molecule has 0 aromatic heterocycles. The number of carbonyl (C=O) groups excluding carboxylic acids is 1. The van der Waals surface area contributed by atoms with Gasteiger partial charge >= 0.3 is 0 Å². The molecule has 0 heterocycles. The predicted octanol–water partition coefficient (Wildman–Crippen LogP) is 2.32. The van der Waals surface area contributed by atoms with Crippen molar-refractivity contribution >= 4 is 11.5 Å². The SMILES string of the molecule is Cc1cc([N+](=O)[O-])c(C)cc1OC1CC(=O)C1. The highest BCUT2D eigenvalue weighted by Crippen LogP contribution is 2.30. The Labute approximate surface area is 98.5 Å². The van der Waals surface area contributed by atoms with Gasteiger partial charge in [-0.25, -0.2) is 0 Å². The van der Waals surface area contributed by atoms with Crippen LogP contribution in [0, 0.1) is 24.0 Å². The molecule has 1 aliphatic carbocycles. The number of nitrogens with zero attached hydrogens (tertiary/aromatic N) is 1. The lowest BCUT2D eigenvalue weighted by Gasteiger charge is -2.26. The standard InChI is InChI=1S/C12H13NO4/c1-7-4-12(17-10-5-9(14)6-10)8(2)3-11(7)13(15)16/h3-4,10H,5-6H2,1-2H3. The first-order valence-corrected chi connectivity index (χ1v) is 5.41. The maximum atomic E-state index is 10.8. The number of rotatable bonds is 3. The number of ketones is 1. The molecule has 2 rings (SSSR count). The quantitative estimate of drug-likeness (QED) is 0.595. The first kappa shape index (κ1) is 11.6. The van der Waals surface area contributed by atoms with Gasteiger partial charge in [-0.1, -0.05) is 0 Å². The number of hydrogen-bond acceptors (Lipinski definition) is 4. The van der Waals surface area contributed by atoms with Crippen molar-refractivity contribution in [3.63, 3.8) is 0 Å². The number of ether oxygens (including phenoxy) is 1. The van der Waals surface area contributed by atoms with E-state index in [0.29, 0.717) is 24.2 Å². The highest BCUT2D eigenvalue weighted by atomic mass is 16.6. The second kappa shape index (κ2) is 4.16. The zero-order valence-electron chi connectivity index (χ0n) is 9.73. The van der Waals surface area contributed by atoms with E-state index in [0.717, 1.165) is 5.56 Å². The lowest BCUT2D eigenvalue weighted by atomic mass is 9.94. The van der Waals surface area contributed by atoms with Gasteiger partial charge in [-0.15, -0.1) is 0 Å². The third-order valence-electron chi connectivity index (χ3n) is 2.89. The van der Waals surface area contributed by atoms with Crippen molar-refractivity contribution < 1.29 is 14.5 Å². The van der Waals surface area contributed by atoms with Crippen LogP contribution in [0.4, 0.5) is 5.69 Å². The van der Waals surface area contributed by atoms with Crippen molar-refractivity contribution in [2.24, 2.45) is 0 Å². The second-order valence-electron chi connectivity index (χ2n) is 4.35. The van der Waals surface area contributed by atoms with Crippen LogP contribution in [0.25, 0.3) is 0 Å². The van der Waals surface area contributed by atoms with E-state index in [-0.39, 0.29) is 17.6 Å². The number of aryl methyl sites for hydroxylation is 2. The fourth-order valence-electron chi connectivity index (χ4n) is 1.81. The summed E-state index contributed by atoms with van der Waals surface area (Å²) in [6.07, 6.45) is 0.812. The molecule has 5 nitrogen and oxygen atoms in total. The number of benzene rings is 1. The first-order valence-electron chi connectivity index (χ1n) is 5.41. The molecule has 0 bridgehead atoms. The molecule has 5 heteroatoms. The van der Waals surface area contributed by atoms with Gasteiger partial charge in [0.25, 0.3) is 5.69 Å². The molecule has 0 aliphatic heterocycles. The van der Waals surface area contributed by atoms with Crippen LogP contribution in [-0.2, 0) is 4.79 Å². The zero-order valence-corrected chi connectivity index (χ0v) is 9.73. The summed E-state index contributed by atoms with van der Waals surface area (Å²) in [5, 5.41) is 10.7. The Balaban J connectivity index is 2.21. The minimum Gasteiger partial charge on any atom is -0.489 e. The highest BCUT2D eigenvalue weighted by Gasteiger charge is 2.29. The number of nitro benzene ring substituents is 1. The zero-order chi connectivity index (χ0) is 12.6. The molecule has 90 valence electrons. The Morgan fingerprint density at radius 1 is 1.29 bits per heavy atom. The lowest BCUT2D eigenvalue weighted by Crippen LogP contribution is -2.33. The molecule has 0 amide bonds. The van der Waals surface area contributed by atoms with E-state index in [1.54, 1.807) is 19.9 Å². The van der Waals surface area contributed by atoms with Crippen LogP contribution in [0.2, 0.25) is 0 Å². The normalized spacial score (nSPS) is 15.5. The van der Waals surface area contributed by atoms with Crippen LogP contribution >= 0.6 is 0 Å². The summed E-state index contributed by atoms with van der Waals surface area (Å²) >= 11 is 0. The van der Waals surface area contributed by atoms with Crippen molar-refractivity contribution in [1.29, 1.82) is 0 Å². The van der Waals surface area contributed by atoms with Gasteiger partial charge in [0.15, 0.2) is 0 Å². The topological polar surface area (TPSA) is 69.4 Å². The number of Topliss-reactive ketones (excluding diaryl/α,β-unsaturated/α-hetero) is 1. The van der Waals surface area contributed by atoms with E-state index >= 15 is 0 Å². The Morgan fingerprint density at radius 3 is 2.47 bits per heavy atom. The van der Waals surface area contributed by atoms with Crippen LogP contribution in [0.15, 0.2) is 12.1 Å². The highest BCUT2D eigenvalue weighted by molar-refractivity contribution is 5.85. The number of carbonyl (C=O) groups is 1. The predicted molar refractivity (Wildman–Crippen MR) is 61.2 cm³/mol. The van der Waals surface area contributed by atoms with Crippen LogP contribution in [0.1, 0.15) is 24.0 Å². The van der Waals surface area contributed by atoms with Gasteiger partial charge in [0.1, 0.15) is 17.6 Å². The average Bonchev–Trinajstić information content (AvgIpc) is 2.20. The smallest absolute Gasteiger partial charge is 0.272 e. The summed E-state index contributed by atoms with van der Waals surface area (Å²) in [6, 6.07) is 3.17. The van der Waals surface area contributed by atoms with Gasteiger partial charge in [0, 0.05) is 24.5 Å². The molecule has 1 fully saturated rings. The lowest BCUT2D eigenvalue weighted by molar-refractivity contribution is -0.385. The van der Waals surface area contributed by atoms with Gasteiger partial charge in [0.05, 0.1) is 4.92 Å². The maximum absolute atomic E-state index is 10.8. The molecule has 1 saturated carbocycles. The van der Waals surface area contributed by atoms with Crippen LogP contribution in [0.5, 0.6) is 5.75 Å². The van der Waals surface area contributed by atoms with Crippen molar-refractivity contribution in [2.45, 2.75) is 32.8 Å². The van der Waals surface area contributed by atoms with Crippen molar-refractivity contribution in [3.05, 3.63) is 33.4 Å². The number of hydrogen-bond donors (Lipinski definition) is 0. The summed E-state index contributed by atoms with van der Waals surface area (Å²) in [4.78, 5) is 21.2. The third-order valence-corrected chi connectivity index (χ3v) is 2.89. The van der Waals surface area contributed by atoms with Crippen LogP contribution in [0.3, 0.4) is 0 Å². The van der Waals surface area contributed by atoms with Crippen molar-refractivity contribution in [2.75, 3.05) is 0 Å². The molecule has 1 aromatic carbocycles. The minimum atomic E-state index is -0.404. The van der Waals surface area contributed by atoms with E-state index in [9.17, 15) is 14.9 Å². The monoisotopic (exact) mass is 235 g/mol. The molecule has 0 radical (unpaired) electrons. The summed E-state index contributed by atoms with van der Waals surface area (Å²) < 4.78 is 5.62. The van der Waals surface area contributed by atoms with Gasteiger partial charge in [-0.05, 0) is 25.5 Å². The molecular formula is C12H13NO4. The molecule has 1 aliphatic rings. The Hall–Kier alpha value is -1.91. The summed E-state index contributed by atoms with van der Waals surface area (Å²) in [5.41, 5.74) is 1.39. The Bertz CT molecular complexity index is 488. The van der Waals surface area contributed by atoms with Gasteiger partial charge in [0.2, 0.25) is 0 Å². The van der Waals surface area contributed by atoms with Gasteiger partial charge in [-0.3, -0.25) is 14.9 Å². The van der Waals surface area contributed by atoms with Gasteiger partial charge < -0.3 is 4.74 Å². The first-order chi connectivity index (χ1) is 7.97. The number of nitro groups is 1. The average molecular weight is 235 g/mol. The van der Waals surface area contributed by atoms with E-state index in [2.05, 4.69) is 0 Å². The maximum Gasteiger partial charge on any atom is 0.272 e. The Morgan fingerprint density at radius 2 is 1.94 bits per heavy atom. The molecule has 0 N–H and O–H groups in total. The van der Waals surface area contributed by atoms with Crippen LogP contribution in [-0.4, -0.2) is 16.8 Å². The molecule has 0 spiro atoms. The molecule has 17 heavy (non-hydrogen) atoms. The third kappa shape index (κ3) is 2.27. The van der Waals surface area contributed by atoms with Gasteiger partial charge in [-0.2, -0.15) is 0 Å². The molecule has 0 unspecified atom stereocenters. The van der Waals surface area contributed by atoms with E-state index in [1.165, 1.54) is 6.07 Å². The fraction of sp³-hybridized carbons (Fsp3) is 0.417. The van der Waals surface area contributed by atoms with Crippen molar-refractivity contribution in [1.82, 2.24) is 0 Å². The van der Waals surface area contributed by atoms with E-state index in [4.69, 9.17) is 4.74 Å². The van der Waals surface area contributed by atoms with E-state index < -0.39 is 4.92 Å². The summed E-state index contributed by atoms with van der Waals surface area (Å²) in [7, 11) is 0. The van der Waals surface area contributed by atoms with Crippen molar-refractivity contribution in [3.8, 4) is 5.75 Å². The largest absolute Gasteiger partial charge is 0.489 e. The molecular weight excluding hydrogens is 222 g/mol. The molecule has 0 saturated heterocycles. The Kier molecular flexibility index (Phi) is 2.83. The fourth-order valence-corrected chi connectivity index (χ4v) is 1.81. The summed E-state index contributed by atoms with van der Waals surface area (Å²) in [6.45, 7) is 3.44. The molecule has 1 aromatic rings. The second-order valence-corrected chi connectivity index (χ2v) is 4.35. The van der Waals surface area contributed by atoms with E-state index in [1.807, 2.05) is 0 Å². The molecule has 0 atom stereocenters.